The minimum atomic E-state index is 0.464. The Morgan fingerprint density at radius 2 is 2.19 bits per heavy atom. The lowest BCUT2D eigenvalue weighted by molar-refractivity contribution is 0.300. The number of ether oxygens (including phenoxy) is 1. The number of para-hydroxylation sites is 1. The van der Waals surface area contributed by atoms with E-state index >= 15 is 0 Å². The lowest BCUT2D eigenvalue weighted by Crippen LogP contribution is -2.31. The van der Waals surface area contributed by atoms with Crippen LogP contribution in [0.15, 0.2) is 24.3 Å². The SMILES string of the molecule is CCOc1ccccc1C1CC(C)CCN1. The van der Waals surface area contributed by atoms with Crippen molar-refractivity contribution in [1.29, 1.82) is 0 Å². The third-order valence-corrected chi connectivity index (χ3v) is 3.26. The number of hydrogen-bond donors (Lipinski definition) is 1. The van der Waals surface area contributed by atoms with Crippen LogP contribution in [0.5, 0.6) is 5.75 Å². The van der Waals surface area contributed by atoms with Gasteiger partial charge in [-0.25, -0.2) is 0 Å². The Bertz CT molecular complexity index is 337. The Hall–Kier alpha value is -1.02. The first kappa shape index (κ1) is 11.5. The van der Waals surface area contributed by atoms with Gasteiger partial charge in [-0.15, -0.1) is 0 Å². The Labute approximate surface area is 98.0 Å². The summed E-state index contributed by atoms with van der Waals surface area (Å²) < 4.78 is 5.69. The number of benzene rings is 1. The van der Waals surface area contributed by atoms with Crippen molar-refractivity contribution >= 4 is 0 Å². The molecule has 0 spiro atoms. The van der Waals surface area contributed by atoms with Crippen molar-refractivity contribution in [2.45, 2.75) is 32.7 Å². The highest BCUT2D eigenvalue weighted by atomic mass is 16.5. The van der Waals surface area contributed by atoms with Crippen molar-refractivity contribution in [1.82, 2.24) is 5.32 Å². The van der Waals surface area contributed by atoms with Gasteiger partial charge in [-0.05, 0) is 38.3 Å². The zero-order valence-electron chi connectivity index (χ0n) is 10.2. The van der Waals surface area contributed by atoms with Crippen LogP contribution in [0.4, 0.5) is 0 Å². The second kappa shape index (κ2) is 5.35. The van der Waals surface area contributed by atoms with Crippen molar-refractivity contribution < 1.29 is 4.74 Å². The monoisotopic (exact) mass is 219 g/mol. The normalized spacial score (nSPS) is 25.4. The number of hydrogen-bond acceptors (Lipinski definition) is 2. The van der Waals surface area contributed by atoms with Crippen molar-refractivity contribution in [2.24, 2.45) is 5.92 Å². The highest BCUT2D eigenvalue weighted by molar-refractivity contribution is 5.36. The molecule has 1 heterocycles. The summed E-state index contributed by atoms with van der Waals surface area (Å²) in [4.78, 5) is 0. The van der Waals surface area contributed by atoms with Crippen molar-refractivity contribution in [2.75, 3.05) is 13.2 Å². The summed E-state index contributed by atoms with van der Waals surface area (Å²) in [5.41, 5.74) is 1.32. The number of rotatable bonds is 3. The molecule has 0 amide bonds. The first-order valence-corrected chi connectivity index (χ1v) is 6.26. The molecule has 1 fully saturated rings. The van der Waals surface area contributed by atoms with Gasteiger partial charge >= 0.3 is 0 Å². The quantitative estimate of drug-likeness (QED) is 0.843. The maximum absolute atomic E-state index is 5.69. The first-order chi connectivity index (χ1) is 7.81. The fraction of sp³-hybridized carbons (Fsp3) is 0.571. The van der Waals surface area contributed by atoms with E-state index in [9.17, 15) is 0 Å². The molecule has 2 atom stereocenters. The van der Waals surface area contributed by atoms with Gasteiger partial charge < -0.3 is 10.1 Å². The number of nitrogens with one attached hydrogen (secondary N) is 1. The van der Waals surface area contributed by atoms with Crippen LogP contribution < -0.4 is 10.1 Å². The summed E-state index contributed by atoms with van der Waals surface area (Å²) in [7, 11) is 0. The van der Waals surface area contributed by atoms with Crippen LogP contribution in [0, 0.1) is 5.92 Å². The van der Waals surface area contributed by atoms with Crippen LogP contribution in [-0.2, 0) is 0 Å². The van der Waals surface area contributed by atoms with Crippen LogP contribution in [0.2, 0.25) is 0 Å². The standard InChI is InChI=1S/C14H21NO/c1-3-16-14-7-5-4-6-12(14)13-10-11(2)8-9-15-13/h4-7,11,13,15H,3,8-10H2,1-2H3. The summed E-state index contributed by atoms with van der Waals surface area (Å²) in [6.07, 6.45) is 2.50. The van der Waals surface area contributed by atoms with E-state index in [1.54, 1.807) is 0 Å². The maximum Gasteiger partial charge on any atom is 0.124 e. The van der Waals surface area contributed by atoms with Gasteiger partial charge in [0.05, 0.1) is 6.61 Å². The van der Waals surface area contributed by atoms with Crippen molar-refractivity contribution in [3.05, 3.63) is 29.8 Å². The van der Waals surface area contributed by atoms with Crippen LogP contribution in [0.25, 0.3) is 0 Å². The largest absolute Gasteiger partial charge is 0.494 e. The zero-order valence-corrected chi connectivity index (χ0v) is 10.2. The molecule has 16 heavy (non-hydrogen) atoms. The van der Waals surface area contributed by atoms with E-state index in [-0.39, 0.29) is 0 Å². The second-order valence-electron chi connectivity index (χ2n) is 4.61. The summed E-state index contributed by atoms with van der Waals surface area (Å²) >= 11 is 0. The highest BCUT2D eigenvalue weighted by Gasteiger charge is 2.21. The average Bonchev–Trinajstić information content (AvgIpc) is 2.30. The molecule has 1 saturated heterocycles. The third kappa shape index (κ3) is 2.56. The molecule has 2 rings (SSSR count). The van der Waals surface area contributed by atoms with E-state index in [1.807, 2.05) is 13.0 Å². The van der Waals surface area contributed by atoms with E-state index < -0.39 is 0 Å². The molecular weight excluding hydrogens is 198 g/mol. The maximum atomic E-state index is 5.69. The van der Waals surface area contributed by atoms with Gasteiger partial charge in [-0.1, -0.05) is 25.1 Å². The molecule has 1 aromatic rings. The molecular formula is C14H21NO. The van der Waals surface area contributed by atoms with Gasteiger partial charge in [0.15, 0.2) is 0 Å². The molecule has 0 saturated carbocycles. The molecule has 1 aliphatic heterocycles. The molecule has 0 bridgehead atoms. The smallest absolute Gasteiger partial charge is 0.124 e. The van der Waals surface area contributed by atoms with Gasteiger partial charge in [0.25, 0.3) is 0 Å². The van der Waals surface area contributed by atoms with Gasteiger partial charge in [0, 0.05) is 11.6 Å². The third-order valence-electron chi connectivity index (χ3n) is 3.26. The molecule has 2 nitrogen and oxygen atoms in total. The van der Waals surface area contributed by atoms with Crippen LogP contribution >= 0.6 is 0 Å². The molecule has 0 radical (unpaired) electrons. The first-order valence-electron chi connectivity index (χ1n) is 6.26. The Kier molecular flexibility index (Phi) is 3.83. The summed E-state index contributed by atoms with van der Waals surface area (Å²) in [5, 5.41) is 3.58. The fourth-order valence-electron chi connectivity index (χ4n) is 2.40. The fourth-order valence-corrected chi connectivity index (χ4v) is 2.40. The lowest BCUT2D eigenvalue weighted by Gasteiger charge is -2.29. The van der Waals surface area contributed by atoms with E-state index in [0.29, 0.717) is 6.04 Å². The van der Waals surface area contributed by atoms with Gasteiger partial charge in [0.1, 0.15) is 5.75 Å². The summed E-state index contributed by atoms with van der Waals surface area (Å²) in [6.45, 7) is 6.22. The highest BCUT2D eigenvalue weighted by Crippen LogP contribution is 2.32. The Morgan fingerprint density at radius 1 is 1.38 bits per heavy atom. The second-order valence-corrected chi connectivity index (χ2v) is 4.61. The molecule has 0 aliphatic carbocycles. The molecule has 1 aromatic carbocycles. The van der Waals surface area contributed by atoms with Crippen molar-refractivity contribution in [3.63, 3.8) is 0 Å². The zero-order chi connectivity index (χ0) is 11.4. The number of piperidine rings is 1. The van der Waals surface area contributed by atoms with Gasteiger partial charge in [0.2, 0.25) is 0 Å². The topological polar surface area (TPSA) is 21.3 Å². The van der Waals surface area contributed by atoms with Crippen LogP contribution in [-0.4, -0.2) is 13.2 Å². The van der Waals surface area contributed by atoms with E-state index in [1.165, 1.54) is 18.4 Å². The minimum absolute atomic E-state index is 0.464. The summed E-state index contributed by atoms with van der Waals surface area (Å²) in [5.74, 6) is 1.84. The van der Waals surface area contributed by atoms with E-state index in [2.05, 4.69) is 30.4 Å². The molecule has 0 aromatic heterocycles. The average molecular weight is 219 g/mol. The molecule has 88 valence electrons. The predicted octanol–water partition coefficient (Wildman–Crippen LogP) is 3.15. The van der Waals surface area contributed by atoms with E-state index in [4.69, 9.17) is 4.74 Å². The van der Waals surface area contributed by atoms with Crippen LogP contribution in [0.1, 0.15) is 38.3 Å². The lowest BCUT2D eigenvalue weighted by atomic mass is 9.90. The molecule has 1 N–H and O–H groups in total. The van der Waals surface area contributed by atoms with Crippen LogP contribution in [0.3, 0.4) is 0 Å². The summed E-state index contributed by atoms with van der Waals surface area (Å²) in [6, 6.07) is 8.85. The van der Waals surface area contributed by atoms with Gasteiger partial charge in [-0.2, -0.15) is 0 Å². The molecule has 1 aliphatic rings. The minimum Gasteiger partial charge on any atom is -0.494 e. The van der Waals surface area contributed by atoms with Crippen molar-refractivity contribution in [3.8, 4) is 5.75 Å². The van der Waals surface area contributed by atoms with Gasteiger partial charge in [-0.3, -0.25) is 0 Å². The molecule has 2 unspecified atom stereocenters. The Morgan fingerprint density at radius 3 is 2.94 bits per heavy atom. The van der Waals surface area contributed by atoms with E-state index in [0.717, 1.165) is 24.8 Å². The predicted molar refractivity (Wildman–Crippen MR) is 66.8 cm³/mol. The Balaban J connectivity index is 2.17. The molecule has 2 heteroatoms.